The number of hydrogen-bond donors (Lipinski definition) is 1. The van der Waals surface area contributed by atoms with E-state index in [1.54, 1.807) is 18.1 Å². The number of benzene rings is 2. The van der Waals surface area contributed by atoms with Crippen molar-refractivity contribution in [3.8, 4) is 5.69 Å². The van der Waals surface area contributed by atoms with Crippen LogP contribution < -0.4 is 10.2 Å². The van der Waals surface area contributed by atoms with Gasteiger partial charge < -0.3 is 10.2 Å². The largest absolute Gasteiger partial charge is 0.355 e. The van der Waals surface area contributed by atoms with Crippen LogP contribution in [0.5, 0.6) is 0 Å². The Kier molecular flexibility index (Phi) is 6.49. The number of hydrogen-bond acceptors (Lipinski definition) is 6. The molecule has 7 nitrogen and oxygen atoms in total. The highest BCUT2D eigenvalue weighted by molar-refractivity contribution is 7.98. The van der Waals surface area contributed by atoms with Gasteiger partial charge >= 0.3 is 0 Å². The third-order valence-corrected chi connectivity index (χ3v) is 7.06. The predicted octanol–water partition coefficient (Wildman–Crippen LogP) is 4.38. The van der Waals surface area contributed by atoms with Gasteiger partial charge in [0.15, 0.2) is 5.65 Å². The maximum atomic E-state index is 13.0. The normalized spacial score (nSPS) is 16.1. The Morgan fingerprint density at radius 3 is 2.68 bits per heavy atom. The molecule has 1 amide bonds. The molecule has 5 rings (SSSR count). The average Bonchev–Trinajstić information content (AvgIpc) is 3.32. The van der Waals surface area contributed by atoms with E-state index in [1.165, 1.54) is 10.5 Å². The Labute approximate surface area is 203 Å². The van der Waals surface area contributed by atoms with Crippen molar-refractivity contribution in [1.29, 1.82) is 0 Å². The predicted molar refractivity (Wildman–Crippen MR) is 136 cm³/mol. The van der Waals surface area contributed by atoms with E-state index in [4.69, 9.17) is 0 Å². The van der Waals surface area contributed by atoms with Crippen LogP contribution in [-0.4, -0.2) is 45.0 Å². The molecule has 2 aromatic carbocycles. The van der Waals surface area contributed by atoms with Gasteiger partial charge in [-0.15, -0.1) is 16.9 Å². The van der Waals surface area contributed by atoms with Crippen molar-refractivity contribution in [2.24, 2.45) is 5.92 Å². The highest BCUT2D eigenvalue weighted by Crippen LogP contribution is 2.28. The molecule has 0 spiro atoms. The van der Waals surface area contributed by atoms with E-state index in [9.17, 15) is 4.79 Å². The van der Waals surface area contributed by atoms with Crippen LogP contribution in [0.4, 0.5) is 5.82 Å². The Bertz CT molecular complexity index is 1290. The summed E-state index contributed by atoms with van der Waals surface area (Å²) in [5, 5.41) is 8.68. The van der Waals surface area contributed by atoms with E-state index in [2.05, 4.69) is 74.9 Å². The van der Waals surface area contributed by atoms with Crippen molar-refractivity contribution in [3.63, 3.8) is 0 Å². The highest BCUT2D eigenvalue weighted by Gasteiger charge is 2.28. The number of nitrogens with one attached hydrogen (secondary N) is 1. The van der Waals surface area contributed by atoms with Gasteiger partial charge in [0.1, 0.15) is 12.1 Å². The lowest BCUT2D eigenvalue weighted by atomic mass is 9.97. The molecular formula is C26H28N6OS. The number of thioether (sulfide) groups is 1. The van der Waals surface area contributed by atoms with E-state index in [-0.39, 0.29) is 11.8 Å². The lowest BCUT2D eigenvalue weighted by Gasteiger charge is -2.33. The van der Waals surface area contributed by atoms with E-state index in [0.29, 0.717) is 18.7 Å². The minimum absolute atomic E-state index is 0.0728. The van der Waals surface area contributed by atoms with Crippen LogP contribution in [-0.2, 0) is 11.3 Å². The molecule has 4 aromatic rings. The molecule has 1 N–H and O–H groups in total. The Morgan fingerprint density at radius 1 is 1.12 bits per heavy atom. The van der Waals surface area contributed by atoms with Gasteiger partial charge in [-0.05, 0) is 55.9 Å². The van der Waals surface area contributed by atoms with Gasteiger partial charge in [-0.3, -0.25) is 4.79 Å². The number of rotatable bonds is 6. The van der Waals surface area contributed by atoms with Gasteiger partial charge in [-0.1, -0.05) is 29.8 Å². The molecule has 34 heavy (non-hydrogen) atoms. The Morgan fingerprint density at radius 2 is 1.91 bits per heavy atom. The lowest BCUT2D eigenvalue weighted by molar-refractivity contribution is -0.125. The second kappa shape index (κ2) is 9.85. The SMILES string of the molecule is CSc1ccc(CNC(=O)[C@H]2CCCN(c3ncnc4nn(-c5ccc(C)cc5)cc34)C2)cc1. The third kappa shape index (κ3) is 4.77. The maximum Gasteiger partial charge on any atom is 0.225 e. The summed E-state index contributed by atoms with van der Waals surface area (Å²) in [6, 6.07) is 16.6. The van der Waals surface area contributed by atoms with Gasteiger partial charge in [-0.2, -0.15) is 0 Å². The smallest absolute Gasteiger partial charge is 0.225 e. The molecule has 1 atom stereocenters. The minimum Gasteiger partial charge on any atom is -0.355 e. The summed E-state index contributed by atoms with van der Waals surface area (Å²) in [6.45, 7) is 4.11. The molecule has 1 aliphatic heterocycles. The van der Waals surface area contributed by atoms with Crippen LogP contribution in [0.3, 0.4) is 0 Å². The Hall–Kier alpha value is -3.39. The van der Waals surface area contributed by atoms with Crippen LogP contribution in [0.25, 0.3) is 16.7 Å². The standard InChI is InChI=1S/C26H28N6OS/c1-18-5-9-21(10-6-18)32-16-23-24(30-32)28-17-29-25(23)31-13-3-4-20(15-31)26(33)27-14-19-7-11-22(34-2)12-8-19/h5-12,16-17,20H,3-4,13-15H2,1-2H3,(H,27,33)/t20-/m0/s1. The van der Waals surface area contributed by atoms with Gasteiger partial charge in [0, 0.05) is 30.7 Å². The molecule has 0 aliphatic carbocycles. The molecule has 0 radical (unpaired) electrons. The molecule has 0 unspecified atom stereocenters. The second-order valence-electron chi connectivity index (χ2n) is 8.69. The summed E-state index contributed by atoms with van der Waals surface area (Å²) in [7, 11) is 0. The number of aryl methyl sites for hydroxylation is 1. The van der Waals surface area contributed by atoms with Crippen LogP contribution in [0.2, 0.25) is 0 Å². The fraction of sp³-hybridized carbons (Fsp3) is 0.308. The minimum atomic E-state index is -0.0728. The number of carbonyl (C=O) groups excluding carboxylic acids is 1. The summed E-state index contributed by atoms with van der Waals surface area (Å²) >= 11 is 1.71. The Balaban J connectivity index is 1.30. The van der Waals surface area contributed by atoms with Crippen LogP contribution in [0.15, 0.2) is 66.0 Å². The quantitative estimate of drug-likeness (QED) is 0.420. The van der Waals surface area contributed by atoms with Crippen LogP contribution in [0, 0.1) is 12.8 Å². The van der Waals surface area contributed by atoms with E-state index >= 15 is 0 Å². The first-order valence-electron chi connectivity index (χ1n) is 11.5. The first kappa shape index (κ1) is 22.4. The number of fused-ring (bicyclic) bond motifs is 1. The van der Waals surface area contributed by atoms with E-state index < -0.39 is 0 Å². The monoisotopic (exact) mass is 472 g/mol. The first-order chi connectivity index (χ1) is 16.6. The molecule has 8 heteroatoms. The maximum absolute atomic E-state index is 13.0. The highest BCUT2D eigenvalue weighted by atomic mass is 32.2. The molecular weight excluding hydrogens is 444 g/mol. The van der Waals surface area contributed by atoms with Gasteiger partial charge in [-0.25, -0.2) is 14.6 Å². The average molecular weight is 473 g/mol. The molecule has 1 saturated heterocycles. The number of carbonyl (C=O) groups is 1. The molecule has 0 saturated carbocycles. The number of piperidine rings is 1. The van der Waals surface area contributed by atoms with Crippen LogP contribution >= 0.6 is 11.8 Å². The van der Waals surface area contributed by atoms with Crippen molar-refractivity contribution in [1.82, 2.24) is 25.1 Å². The van der Waals surface area contributed by atoms with Gasteiger partial charge in [0.05, 0.1) is 17.0 Å². The number of aromatic nitrogens is 4. The molecule has 1 fully saturated rings. The van der Waals surface area contributed by atoms with E-state index in [0.717, 1.165) is 41.8 Å². The van der Waals surface area contributed by atoms with Gasteiger partial charge in [0.25, 0.3) is 0 Å². The zero-order valence-electron chi connectivity index (χ0n) is 19.4. The zero-order chi connectivity index (χ0) is 23.5. The number of anilines is 1. The van der Waals surface area contributed by atoms with Crippen molar-refractivity contribution in [2.45, 2.75) is 31.2 Å². The third-order valence-electron chi connectivity index (χ3n) is 6.31. The first-order valence-corrected chi connectivity index (χ1v) is 12.8. The van der Waals surface area contributed by atoms with Crippen LogP contribution in [0.1, 0.15) is 24.0 Å². The van der Waals surface area contributed by atoms with Crippen molar-refractivity contribution >= 4 is 34.5 Å². The number of amides is 1. The fourth-order valence-corrected chi connectivity index (χ4v) is 4.78. The fourth-order valence-electron chi connectivity index (χ4n) is 4.37. The van der Waals surface area contributed by atoms with Crippen molar-refractivity contribution in [2.75, 3.05) is 24.2 Å². The zero-order valence-corrected chi connectivity index (χ0v) is 20.3. The summed E-state index contributed by atoms with van der Waals surface area (Å²) in [4.78, 5) is 25.3. The molecule has 2 aromatic heterocycles. The molecule has 0 bridgehead atoms. The number of nitrogens with zero attached hydrogens (tertiary/aromatic N) is 5. The molecule has 1 aliphatic rings. The van der Waals surface area contributed by atoms with Crippen molar-refractivity contribution in [3.05, 3.63) is 72.2 Å². The summed E-state index contributed by atoms with van der Waals surface area (Å²) in [5.41, 5.74) is 3.96. The summed E-state index contributed by atoms with van der Waals surface area (Å²) in [5.74, 6) is 0.865. The lowest BCUT2D eigenvalue weighted by Crippen LogP contribution is -2.43. The summed E-state index contributed by atoms with van der Waals surface area (Å²) < 4.78 is 1.85. The molecule has 174 valence electrons. The van der Waals surface area contributed by atoms with Crippen molar-refractivity contribution < 1.29 is 4.79 Å². The molecule has 3 heterocycles. The van der Waals surface area contributed by atoms with E-state index in [1.807, 2.05) is 23.0 Å². The van der Waals surface area contributed by atoms with Gasteiger partial charge in [0.2, 0.25) is 5.91 Å². The topological polar surface area (TPSA) is 75.9 Å². The summed E-state index contributed by atoms with van der Waals surface area (Å²) in [6.07, 6.45) is 7.43. The second-order valence-corrected chi connectivity index (χ2v) is 9.57.